The molecule has 0 unspecified atom stereocenters. The van der Waals surface area contributed by atoms with Gasteiger partial charge < -0.3 is 9.88 Å². The Morgan fingerprint density at radius 1 is 1.25 bits per heavy atom. The second-order valence-corrected chi connectivity index (χ2v) is 5.58. The number of para-hydroxylation sites is 1. The summed E-state index contributed by atoms with van der Waals surface area (Å²) < 4.78 is 38.7. The molecule has 0 amide bonds. The van der Waals surface area contributed by atoms with E-state index in [1.54, 1.807) is 0 Å². The van der Waals surface area contributed by atoms with E-state index in [1.807, 2.05) is 41.8 Å². The molecule has 0 aliphatic carbocycles. The van der Waals surface area contributed by atoms with Gasteiger partial charge in [0, 0.05) is 30.1 Å². The third-order valence-electron chi connectivity index (χ3n) is 3.03. The number of alkyl halides is 3. The zero-order valence-corrected chi connectivity index (χ0v) is 12.0. The molecule has 1 aromatic carbocycles. The van der Waals surface area contributed by atoms with Gasteiger partial charge in [-0.15, -0.1) is 0 Å². The van der Waals surface area contributed by atoms with Crippen molar-refractivity contribution in [3.8, 4) is 0 Å². The highest BCUT2D eigenvalue weighted by Gasteiger charge is 2.27. The van der Waals surface area contributed by atoms with Crippen molar-refractivity contribution >= 4 is 22.7 Å². The summed E-state index contributed by atoms with van der Waals surface area (Å²) in [7, 11) is 0. The Morgan fingerprint density at radius 3 is 2.70 bits per heavy atom. The van der Waals surface area contributed by atoms with E-state index in [2.05, 4.69) is 5.32 Å². The number of fused-ring (bicyclic) bond motifs is 1. The van der Waals surface area contributed by atoms with Crippen LogP contribution < -0.4 is 5.32 Å². The molecule has 0 fully saturated rings. The molecule has 2 aromatic rings. The van der Waals surface area contributed by atoms with Crippen molar-refractivity contribution in [3.05, 3.63) is 36.0 Å². The first-order valence-corrected chi connectivity index (χ1v) is 7.48. The molecule has 2 nitrogen and oxygen atoms in total. The van der Waals surface area contributed by atoms with Gasteiger partial charge >= 0.3 is 5.51 Å². The Kier molecular flexibility index (Phi) is 4.99. The van der Waals surface area contributed by atoms with Crippen molar-refractivity contribution in [3.63, 3.8) is 0 Å². The van der Waals surface area contributed by atoms with E-state index < -0.39 is 5.51 Å². The first-order chi connectivity index (χ1) is 9.51. The van der Waals surface area contributed by atoms with Gasteiger partial charge in [-0.2, -0.15) is 13.2 Å². The highest BCUT2D eigenvalue weighted by molar-refractivity contribution is 8.00. The Hall–Kier alpha value is -1.14. The van der Waals surface area contributed by atoms with Crippen LogP contribution in [0.1, 0.15) is 12.6 Å². The predicted molar refractivity (Wildman–Crippen MR) is 77.8 cm³/mol. The second kappa shape index (κ2) is 6.54. The van der Waals surface area contributed by atoms with Crippen LogP contribution in [0, 0.1) is 0 Å². The van der Waals surface area contributed by atoms with E-state index in [0.29, 0.717) is 13.1 Å². The number of nitrogens with zero attached hydrogens (tertiary/aromatic N) is 1. The molecular formula is C14H17F3N2S. The normalized spacial score (nSPS) is 12.2. The molecule has 110 valence electrons. The Bertz CT molecular complexity index is 563. The van der Waals surface area contributed by atoms with Gasteiger partial charge in [0.1, 0.15) is 0 Å². The molecule has 0 bridgehead atoms. The molecule has 0 saturated heterocycles. The summed E-state index contributed by atoms with van der Waals surface area (Å²) in [5.41, 5.74) is -2.15. The molecule has 0 aliphatic rings. The fourth-order valence-electron chi connectivity index (χ4n) is 2.18. The van der Waals surface area contributed by atoms with Crippen LogP contribution in [0.5, 0.6) is 0 Å². The maximum atomic E-state index is 12.2. The number of halogens is 3. The largest absolute Gasteiger partial charge is 0.441 e. The lowest BCUT2D eigenvalue weighted by Crippen LogP contribution is -2.16. The highest BCUT2D eigenvalue weighted by atomic mass is 32.2. The Labute approximate surface area is 120 Å². The van der Waals surface area contributed by atoms with E-state index in [9.17, 15) is 13.2 Å². The molecule has 0 aliphatic heterocycles. The van der Waals surface area contributed by atoms with Gasteiger partial charge in [0.2, 0.25) is 0 Å². The average molecular weight is 302 g/mol. The van der Waals surface area contributed by atoms with Crippen LogP contribution in [0.25, 0.3) is 10.9 Å². The summed E-state index contributed by atoms with van der Waals surface area (Å²) >= 11 is 0.0317. The van der Waals surface area contributed by atoms with Crippen LogP contribution in [0.2, 0.25) is 0 Å². The van der Waals surface area contributed by atoms with E-state index in [0.717, 1.165) is 23.1 Å². The molecule has 0 saturated carbocycles. The molecule has 0 atom stereocenters. The van der Waals surface area contributed by atoms with Gasteiger partial charge in [-0.25, -0.2) is 0 Å². The molecule has 1 heterocycles. The maximum absolute atomic E-state index is 12.2. The van der Waals surface area contributed by atoms with Crippen LogP contribution >= 0.6 is 11.8 Å². The lowest BCUT2D eigenvalue weighted by molar-refractivity contribution is -0.0328. The number of hydrogen-bond acceptors (Lipinski definition) is 2. The zero-order chi connectivity index (χ0) is 14.6. The topological polar surface area (TPSA) is 17.0 Å². The van der Waals surface area contributed by atoms with Gasteiger partial charge in [0.25, 0.3) is 0 Å². The van der Waals surface area contributed by atoms with Crippen molar-refractivity contribution in [1.29, 1.82) is 0 Å². The van der Waals surface area contributed by atoms with Crippen LogP contribution in [0.4, 0.5) is 13.2 Å². The first kappa shape index (κ1) is 15.3. The highest BCUT2D eigenvalue weighted by Crippen LogP contribution is 2.30. The minimum Gasteiger partial charge on any atom is -0.342 e. The summed E-state index contributed by atoms with van der Waals surface area (Å²) in [5, 5.41) is 4.29. The average Bonchev–Trinajstić information content (AvgIpc) is 2.73. The minimum absolute atomic E-state index is 0.0291. The minimum atomic E-state index is -4.16. The molecule has 0 spiro atoms. The number of aryl methyl sites for hydroxylation is 1. The van der Waals surface area contributed by atoms with Crippen LogP contribution in [0.3, 0.4) is 0 Å². The van der Waals surface area contributed by atoms with Crippen molar-refractivity contribution in [1.82, 2.24) is 9.88 Å². The second-order valence-electron chi connectivity index (χ2n) is 4.42. The number of hydrogen-bond donors (Lipinski definition) is 1. The van der Waals surface area contributed by atoms with E-state index in [1.165, 1.54) is 0 Å². The summed E-state index contributed by atoms with van der Waals surface area (Å²) in [6.45, 7) is 3.87. The number of aromatic nitrogens is 1. The summed E-state index contributed by atoms with van der Waals surface area (Å²) in [4.78, 5) is 0. The molecule has 0 radical (unpaired) electrons. The van der Waals surface area contributed by atoms with Crippen LogP contribution in [-0.2, 0) is 13.1 Å². The van der Waals surface area contributed by atoms with Crippen molar-refractivity contribution in [2.45, 2.75) is 25.5 Å². The van der Waals surface area contributed by atoms with Gasteiger partial charge in [0.05, 0.1) is 0 Å². The predicted octanol–water partition coefficient (Wildman–Crippen LogP) is 4.00. The van der Waals surface area contributed by atoms with Gasteiger partial charge in [-0.3, -0.25) is 0 Å². The standard InChI is InChI=1S/C14H17F3N2S/c1-2-18-10-12-9-11-5-3-4-6-13(11)19(12)7-8-20-14(15,16)17/h3-6,9,18H,2,7-8,10H2,1H3. The van der Waals surface area contributed by atoms with Gasteiger partial charge in [-0.1, -0.05) is 25.1 Å². The first-order valence-electron chi connectivity index (χ1n) is 6.50. The third kappa shape index (κ3) is 3.93. The monoisotopic (exact) mass is 302 g/mol. The quantitative estimate of drug-likeness (QED) is 0.868. The SMILES string of the molecule is CCNCc1cc2ccccc2n1CCSC(F)(F)F. The molecular weight excluding hydrogens is 285 g/mol. The molecule has 6 heteroatoms. The molecule has 20 heavy (non-hydrogen) atoms. The fraction of sp³-hybridized carbons (Fsp3) is 0.429. The fourth-order valence-corrected chi connectivity index (χ4v) is 2.69. The molecule has 1 N–H and O–H groups in total. The summed E-state index contributed by atoms with van der Waals surface area (Å²) in [6, 6.07) is 9.82. The number of thioether (sulfide) groups is 1. The van der Waals surface area contributed by atoms with Crippen molar-refractivity contribution < 1.29 is 13.2 Å². The Balaban J connectivity index is 2.19. The number of nitrogens with one attached hydrogen (secondary N) is 1. The molecule has 1 aromatic heterocycles. The van der Waals surface area contributed by atoms with Crippen LogP contribution in [-0.4, -0.2) is 22.4 Å². The van der Waals surface area contributed by atoms with Gasteiger partial charge in [-0.05, 0) is 35.8 Å². The Morgan fingerprint density at radius 2 is 2.00 bits per heavy atom. The lowest BCUT2D eigenvalue weighted by atomic mass is 10.2. The zero-order valence-electron chi connectivity index (χ0n) is 11.2. The number of rotatable bonds is 6. The lowest BCUT2D eigenvalue weighted by Gasteiger charge is -2.12. The van der Waals surface area contributed by atoms with Gasteiger partial charge in [0.15, 0.2) is 0 Å². The summed E-state index contributed by atoms with van der Waals surface area (Å²) in [6.07, 6.45) is 0. The van der Waals surface area contributed by atoms with Crippen molar-refractivity contribution in [2.75, 3.05) is 12.3 Å². The third-order valence-corrected chi connectivity index (χ3v) is 3.75. The van der Waals surface area contributed by atoms with E-state index in [4.69, 9.17) is 0 Å². The van der Waals surface area contributed by atoms with Crippen molar-refractivity contribution in [2.24, 2.45) is 0 Å². The van der Waals surface area contributed by atoms with E-state index in [-0.39, 0.29) is 17.5 Å². The smallest absolute Gasteiger partial charge is 0.342 e. The summed E-state index contributed by atoms with van der Waals surface area (Å²) in [5.74, 6) is 0.0291. The van der Waals surface area contributed by atoms with E-state index >= 15 is 0 Å². The van der Waals surface area contributed by atoms with Crippen LogP contribution in [0.15, 0.2) is 30.3 Å². The molecule has 2 rings (SSSR count). The number of benzene rings is 1. The maximum Gasteiger partial charge on any atom is 0.441 e.